The van der Waals surface area contributed by atoms with Gasteiger partial charge >= 0.3 is 0 Å². The van der Waals surface area contributed by atoms with E-state index < -0.39 is 0 Å². The maximum absolute atomic E-state index is 5.55. The van der Waals surface area contributed by atoms with Gasteiger partial charge in [-0.1, -0.05) is 0 Å². The van der Waals surface area contributed by atoms with Gasteiger partial charge in [0.25, 0.3) is 0 Å². The molecule has 2 aliphatic rings. The Hall–Kier alpha value is -0.0800. The third-order valence-electron chi connectivity index (χ3n) is 2.48. The third kappa shape index (κ3) is 0.864. The van der Waals surface area contributed by atoms with E-state index in [2.05, 4.69) is 4.90 Å². The van der Waals surface area contributed by atoms with Crippen LogP contribution in [0, 0.1) is 0 Å². The fourth-order valence-electron chi connectivity index (χ4n) is 1.60. The summed E-state index contributed by atoms with van der Waals surface area (Å²) in [4.78, 5) is 2.56. The van der Waals surface area contributed by atoms with Crippen molar-refractivity contribution < 1.29 is 0 Å². The number of nitrogens with two attached hydrogens (primary N) is 1. The minimum absolute atomic E-state index is 0.748. The highest BCUT2D eigenvalue weighted by atomic mass is 15.3. The van der Waals surface area contributed by atoms with Gasteiger partial charge < -0.3 is 5.73 Å². The molecule has 1 heterocycles. The van der Waals surface area contributed by atoms with Crippen molar-refractivity contribution in [1.29, 1.82) is 0 Å². The van der Waals surface area contributed by atoms with Crippen LogP contribution < -0.4 is 5.73 Å². The monoisotopic (exact) mass is 126 g/mol. The summed E-state index contributed by atoms with van der Waals surface area (Å²) in [5.41, 5.74) is 5.55. The maximum Gasteiger partial charge on any atom is 0.0233 e. The molecule has 2 fully saturated rings. The van der Waals surface area contributed by atoms with Gasteiger partial charge in [-0.2, -0.15) is 0 Å². The average Bonchev–Trinajstić information content (AvgIpc) is 2.48. The van der Waals surface area contributed by atoms with Gasteiger partial charge in [-0.25, -0.2) is 0 Å². The summed E-state index contributed by atoms with van der Waals surface area (Å²) in [6.07, 6.45) is 4.19. The topological polar surface area (TPSA) is 29.3 Å². The van der Waals surface area contributed by atoms with Crippen LogP contribution in [0.3, 0.4) is 0 Å². The van der Waals surface area contributed by atoms with E-state index in [9.17, 15) is 0 Å². The van der Waals surface area contributed by atoms with Crippen LogP contribution in [0.2, 0.25) is 0 Å². The minimum Gasteiger partial charge on any atom is -0.329 e. The predicted molar refractivity (Wildman–Crippen MR) is 37.2 cm³/mol. The summed E-state index contributed by atoms with van der Waals surface area (Å²) in [6.45, 7) is 2.18. The van der Waals surface area contributed by atoms with Crippen molar-refractivity contribution in [2.75, 3.05) is 13.1 Å². The Bertz CT molecular complexity index is 107. The molecule has 0 bridgehead atoms. The highest BCUT2D eigenvalue weighted by Crippen LogP contribution is 2.33. The van der Waals surface area contributed by atoms with Crippen LogP contribution in [-0.2, 0) is 0 Å². The van der Waals surface area contributed by atoms with Crippen LogP contribution >= 0.6 is 0 Å². The highest BCUT2D eigenvalue weighted by Gasteiger charge is 2.38. The van der Waals surface area contributed by atoms with Gasteiger partial charge in [-0.15, -0.1) is 0 Å². The SMILES string of the molecule is NCC1CCN1C1CC1. The predicted octanol–water partition coefficient (Wildman–Crippen LogP) is 0.182. The molecule has 1 aliphatic carbocycles. The van der Waals surface area contributed by atoms with E-state index in [0.717, 1.165) is 18.6 Å². The van der Waals surface area contributed by atoms with Crippen molar-refractivity contribution in [2.45, 2.75) is 31.3 Å². The van der Waals surface area contributed by atoms with Gasteiger partial charge in [-0.05, 0) is 19.3 Å². The quantitative estimate of drug-likeness (QED) is 0.572. The molecule has 2 N–H and O–H groups in total. The number of hydrogen-bond acceptors (Lipinski definition) is 2. The Morgan fingerprint density at radius 1 is 1.33 bits per heavy atom. The first-order valence-corrected chi connectivity index (χ1v) is 3.87. The van der Waals surface area contributed by atoms with Crippen molar-refractivity contribution in [2.24, 2.45) is 5.73 Å². The molecule has 1 saturated carbocycles. The summed E-state index contributed by atoms with van der Waals surface area (Å²) in [7, 11) is 0. The Labute approximate surface area is 56.0 Å². The third-order valence-corrected chi connectivity index (χ3v) is 2.48. The van der Waals surface area contributed by atoms with Crippen LogP contribution in [0.1, 0.15) is 19.3 Å². The normalized spacial score (nSPS) is 36.3. The second kappa shape index (κ2) is 1.96. The van der Waals surface area contributed by atoms with Crippen LogP contribution in [0.25, 0.3) is 0 Å². The zero-order chi connectivity index (χ0) is 6.27. The van der Waals surface area contributed by atoms with Crippen LogP contribution in [0.4, 0.5) is 0 Å². The van der Waals surface area contributed by atoms with Gasteiger partial charge in [-0.3, -0.25) is 4.90 Å². The Kier molecular flexibility index (Phi) is 1.24. The summed E-state index contributed by atoms with van der Waals surface area (Å²) in [5, 5.41) is 0. The molecular weight excluding hydrogens is 112 g/mol. The second-order valence-electron chi connectivity index (χ2n) is 3.15. The first kappa shape index (κ1) is 5.69. The van der Waals surface area contributed by atoms with Crippen LogP contribution in [0.15, 0.2) is 0 Å². The molecule has 2 nitrogen and oxygen atoms in total. The number of rotatable bonds is 2. The molecule has 0 aromatic carbocycles. The molecule has 0 amide bonds. The molecule has 2 rings (SSSR count). The molecule has 0 aromatic rings. The lowest BCUT2D eigenvalue weighted by Gasteiger charge is -2.40. The van der Waals surface area contributed by atoms with E-state index in [0.29, 0.717) is 0 Å². The van der Waals surface area contributed by atoms with E-state index >= 15 is 0 Å². The van der Waals surface area contributed by atoms with Crippen molar-refractivity contribution in [3.63, 3.8) is 0 Å². The molecular formula is C7H14N2. The largest absolute Gasteiger partial charge is 0.329 e. The first-order chi connectivity index (χ1) is 4.42. The summed E-state index contributed by atoms with van der Waals surface area (Å²) < 4.78 is 0. The smallest absolute Gasteiger partial charge is 0.0233 e. The molecule has 1 saturated heterocycles. The van der Waals surface area contributed by atoms with E-state index in [1.165, 1.54) is 25.8 Å². The van der Waals surface area contributed by atoms with Gasteiger partial charge in [0, 0.05) is 25.2 Å². The number of likely N-dealkylation sites (tertiary alicyclic amines) is 1. The van der Waals surface area contributed by atoms with E-state index in [1.807, 2.05) is 0 Å². The highest BCUT2D eigenvalue weighted by molar-refractivity contribution is 4.94. The van der Waals surface area contributed by atoms with Gasteiger partial charge in [0.2, 0.25) is 0 Å². The fraction of sp³-hybridized carbons (Fsp3) is 1.00. The van der Waals surface area contributed by atoms with Crippen molar-refractivity contribution in [3.05, 3.63) is 0 Å². The molecule has 1 unspecified atom stereocenters. The van der Waals surface area contributed by atoms with E-state index in [-0.39, 0.29) is 0 Å². The summed E-state index contributed by atoms with van der Waals surface area (Å²) in [5.74, 6) is 0. The van der Waals surface area contributed by atoms with E-state index in [4.69, 9.17) is 5.73 Å². The Balaban J connectivity index is 1.83. The van der Waals surface area contributed by atoms with Gasteiger partial charge in [0.05, 0.1) is 0 Å². The van der Waals surface area contributed by atoms with Gasteiger partial charge in [0.1, 0.15) is 0 Å². The maximum atomic E-state index is 5.55. The van der Waals surface area contributed by atoms with Crippen LogP contribution in [0.5, 0.6) is 0 Å². The minimum atomic E-state index is 0.748. The fourth-order valence-corrected chi connectivity index (χ4v) is 1.60. The van der Waals surface area contributed by atoms with Gasteiger partial charge in [0.15, 0.2) is 0 Å². The van der Waals surface area contributed by atoms with Crippen LogP contribution in [-0.4, -0.2) is 30.1 Å². The molecule has 0 spiro atoms. The number of hydrogen-bond donors (Lipinski definition) is 1. The average molecular weight is 126 g/mol. The first-order valence-electron chi connectivity index (χ1n) is 3.87. The lowest BCUT2D eigenvalue weighted by Crippen LogP contribution is -2.52. The molecule has 9 heavy (non-hydrogen) atoms. The molecule has 52 valence electrons. The standard InChI is InChI=1S/C7H14N2/c8-5-7-3-4-9(7)6-1-2-6/h6-7H,1-5,8H2. The molecule has 0 aromatic heterocycles. The Morgan fingerprint density at radius 2 is 2.11 bits per heavy atom. The van der Waals surface area contributed by atoms with Crippen molar-refractivity contribution in [1.82, 2.24) is 4.90 Å². The molecule has 0 radical (unpaired) electrons. The zero-order valence-electron chi connectivity index (χ0n) is 5.71. The molecule has 1 atom stereocenters. The zero-order valence-corrected chi connectivity index (χ0v) is 5.71. The summed E-state index contributed by atoms with van der Waals surface area (Å²) in [6, 6.07) is 1.68. The lowest BCUT2D eigenvalue weighted by molar-refractivity contribution is 0.0876. The Morgan fingerprint density at radius 3 is 2.44 bits per heavy atom. The second-order valence-corrected chi connectivity index (χ2v) is 3.15. The molecule has 1 aliphatic heterocycles. The molecule has 2 heteroatoms. The van der Waals surface area contributed by atoms with Crippen molar-refractivity contribution >= 4 is 0 Å². The van der Waals surface area contributed by atoms with E-state index in [1.54, 1.807) is 0 Å². The van der Waals surface area contributed by atoms with Crippen molar-refractivity contribution in [3.8, 4) is 0 Å². The number of nitrogens with zero attached hydrogens (tertiary/aromatic N) is 1. The summed E-state index contributed by atoms with van der Waals surface area (Å²) >= 11 is 0. The lowest BCUT2D eigenvalue weighted by atomic mass is 10.0.